The zero-order valence-corrected chi connectivity index (χ0v) is 24.6. The number of carbonyl (C=O) groups excluding carboxylic acids is 4. The summed E-state index contributed by atoms with van der Waals surface area (Å²) in [6.07, 6.45) is 0.348. The minimum atomic E-state index is -0.930. The number of aryl methyl sites for hydroxylation is 1. The van der Waals surface area contributed by atoms with Gasteiger partial charge in [0, 0.05) is 22.9 Å². The van der Waals surface area contributed by atoms with Crippen LogP contribution in [0.25, 0.3) is 0 Å². The Hall–Kier alpha value is -3.39. The van der Waals surface area contributed by atoms with Crippen molar-refractivity contribution in [3.63, 3.8) is 0 Å². The van der Waals surface area contributed by atoms with E-state index in [-0.39, 0.29) is 24.2 Å². The molecule has 3 unspecified atom stereocenters. The number of aldehydes is 1. The summed E-state index contributed by atoms with van der Waals surface area (Å²) >= 11 is 6.28. The minimum Gasteiger partial charge on any atom is -0.440 e. The van der Waals surface area contributed by atoms with Crippen molar-refractivity contribution in [3.8, 4) is 0 Å². The monoisotopic (exact) mass is 569 g/mol. The van der Waals surface area contributed by atoms with E-state index in [4.69, 9.17) is 16.3 Å². The summed E-state index contributed by atoms with van der Waals surface area (Å²) in [6.45, 7) is 10.4. The van der Waals surface area contributed by atoms with Gasteiger partial charge in [0.25, 0.3) is 0 Å². The second kappa shape index (κ2) is 13.8. The van der Waals surface area contributed by atoms with Crippen LogP contribution < -0.4 is 16.0 Å². The molecule has 2 aromatic carbocycles. The number of hydrogen-bond donors (Lipinski definition) is 3. The summed E-state index contributed by atoms with van der Waals surface area (Å²) in [4.78, 5) is 50.3. The first-order chi connectivity index (χ1) is 18.9. The lowest BCUT2D eigenvalue weighted by Gasteiger charge is -2.35. The molecule has 1 fully saturated rings. The second-order valence-electron chi connectivity index (χ2n) is 11.5. The van der Waals surface area contributed by atoms with Crippen LogP contribution in [0.3, 0.4) is 0 Å². The molecule has 3 N–H and O–H groups in total. The third-order valence-electron chi connectivity index (χ3n) is 7.34. The molecular weight excluding hydrogens is 530 g/mol. The molecule has 0 aromatic heterocycles. The van der Waals surface area contributed by atoms with E-state index in [0.717, 1.165) is 16.7 Å². The maximum Gasteiger partial charge on any atom is 0.408 e. The fraction of sp³-hybridized carbons (Fsp3) is 0.484. The van der Waals surface area contributed by atoms with Gasteiger partial charge in [-0.2, -0.15) is 0 Å². The van der Waals surface area contributed by atoms with Crippen molar-refractivity contribution in [2.45, 2.75) is 77.5 Å². The molecule has 40 heavy (non-hydrogen) atoms. The highest BCUT2D eigenvalue weighted by molar-refractivity contribution is 6.30. The molecule has 0 saturated carbocycles. The highest BCUT2D eigenvalue weighted by atomic mass is 35.5. The molecule has 0 bridgehead atoms. The first-order valence-corrected chi connectivity index (χ1v) is 14.1. The maximum absolute atomic E-state index is 13.4. The van der Waals surface area contributed by atoms with Crippen LogP contribution in [0.1, 0.15) is 69.8 Å². The number of carbonyl (C=O) groups is 4. The number of halogens is 1. The molecule has 3 amide bonds. The van der Waals surface area contributed by atoms with Crippen LogP contribution in [-0.4, -0.2) is 42.8 Å². The number of nitrogens with one attached hydrogen (secondary N) is 3. The molecule has 3 rings (SSSR count). The lowest BCUT2D eigenvalue weighted by molar-refractivity contribution is -0.127. The first kappa shape index (κ1) is 31.1. The van der Waals surface area contributed by atoms with Crippen LogP contribution >= 0.6 is 11.6 Å². The summed E-state index contributed by atoms with van der Waals surface area (Å²) in [7, 11) is 0. The Kier molecular flexibility index (Phi) is 10.7. The van der Waals surface area contributed by atoms with Gasteiger partial charge in [0.2, 0.25) is 11.8 Å². The van der Waals surface area contributed by atoms with Crippen molar-refractivity contribution in [1.29, 1.82) is 0 Å². The van der Waals surface area contributed by atoms with E-state index in [0.29, 0.717) is 30.7 Å². The average Bonchev–Trinajstić information content (AvgIpc) is 3.30. The second-order valence-corrected chi connectivity index (χ2v) is 12.0. The van der Waals surface area contributed by atoms with Crippen LogP contribution in [-0.2, 0) is 24.5 Å². The highest BCUT2D eigenvalue weighted by Gasteiger charge is 2.37. The number of rotatable bonds is 12. The highest BCUT2D eigenvalue weighted by Crippen LogP contribution is 2.40. The Labute approximate surface area is 241 Å². The molecule has 1 saturated heterocycles. The number of benzene rings is 2. The molecule has 2 aromatic rings. The summed E-state index contributed by atoms with van der Waals surface area (Å²) in [5.74, 6) is -0.878. The van der Waals surface area contributed by atoms with Gasteiger partial charge in [-0.1, -0.05) is 81.3 Å². The molecular formula is C31H40ClN3O5. The van der Waals surface area contributed by atoms with Crippen LogP contribution in [0, 0.1) is 18.8 Å². The van der Waals surface area contributed by atoms with Crippen molar-refractivity contribution in [2.24, 2.45) is 11.8 Å². The van der Waals surface area contributed by atoms with E-state index in [2.05, 4.69) is 16.0 Å². The van der Waals surface area contributed by atoms with E-state index in [1.807, 2.05) is 77.1 Å². The molecule has 0 radical (unpaired) electrons. The van der Waals surface area contributed by atoms with Crippen LogP contribution in [0.4, 0.5) is 4.79 Å². The number of hydrogen-bond acceptors (Lipinski definition) is 5. The van der Waals surface area contributed by atoms with Crippen LogP contribution in [0.2, 0.25) is 5.02 Å². The summed E-state index contributed by atoms with van der Waals surface area (Å²) in [6, 6.07) is 13.4. The van der Waals surface area contributed by atoms with E-state index < -0.39 is 35.6 Å². The SMILES string of the molecule is Cc1ccc(C(OC(=O)N[C@@H](CC(C)C)C(=O)NC(C=O)CC2CCNC2=O)C(C)(C)c2cccc(Cl)c2)cc1. The van der Waals surface area contributed by atoms with Gasteiger partial charge in [0.1, 0.15) is 18.4 Å². The smallest absolute Gasteiger partial charge is 0.408 e. The van der Waals surface area contributed by atoms with Gasteiger partial charge in [-0.05, 0) is 55.4 Å². The number of alkyl carbamates (subject to hydrolysis) is 1. The third-order valence-corrected chi connectivity index (χ3v) is 7.57. The molecule has 0 aliphatic carbocycles. The van der Waals surface area contributed by atoms with Crippen LogP contribution in [0.15, 0.2) is 48.5 Å². The first-order valence-electron chi connectivity index (χ1n) is 13.7. The molecule has 0 spiro atoms. The Morgan fingerprint density at radius 1 is 1.15 bits per heavy atom. The lowest BCUT2D eigenvalue weighted by atomic mass is 9.76. The Balaban J connectivity index is 1.79. The molecule has 8 nitrogen and oxygen atoms in total. The van der Waals surface area contributed by atoms with Gasteiger partial charge >= 0.3 is 6.09 Å². The van der Waals surface area contributed by atoms with Crippen molar-refractivity contribution < 1.29 is 23.9 Å². The van der Waals surface area contributed by atoms with Gasteiger partial charge in [-0.25, -0.2) is 4.79 Å². The Morgan fingerprint density at radius 2 is 1.85 bits per heavy atom. The zero-order chi connectivity index (χ0) is 29.4. The Bertz CT molecular complexity index is 1200. The van der Waals surface area contributed by atoms with Gasteiger partial charge in [0.05, 0.1) is 6.04 Å². The van der Waals surface area contributed by atoms with E-state index in [1.54, 1.807) is 6.07 Å². The predicted octanol–water partition coefficient (Wildman–Crippen LogP) is 5.02. The van der Waals surface area contributed by atoms with E-state index >= 15 is 0 Å². The largest absolute Gasteiger partial charge is 0.440 e. The lowest BCUT2D eigenvalue weighted by Crippen LogP contribution is -2.51. The standard InChI is InChI=1S/C31H40ClN3O5/c1-19(2)15-26(29(38)34-25(18-36)16-22-13-14-33-28(22)37)35-30(39)40-27(21-11-9-20(3)10-12-21)31(4,5)23-7-6-8-24(32)17-23/h6-12,17-19,22,25-27H,13-16H2,1-5H3,(H,33,37)(H,34,38)(H,35,39)/t22?,25?,26-,27?/m0/s1. The molecule has 216 valence electrons. The van der Waals surface area contributed by atoms with E-state index in [9.17, 15) is 19.2 Å². The van der Waals surface area contributed by atoms with Crippen LogP contribution in [0.5, 0.6) is 0 Å². The van der Waals surface area contributed by atoms with Crippen molar-refractivity contribution >= 4 is 35.8 Å². The summed E-state index contributed by atoms with van der Waals surface area (Å²) in [5.41, 5.74) is 2.09. The van der Waals surface area contributed by atoms with Crippen molar-refractivity contribution in [2.75, 3.05) is 6.54 Å². The van der Waals surface area contributed by atoms with E-state index in [1.165, 1.54) is 0 Å². The molecule has 1 heterocycles. The minimum absolute atomic E-state index is 0.0714. The third kappa shape index (κ3) is 8.31. The fourth-order valence-electron chi connectivity index (χ4n) is 5.01. The van der Waals surface area contributed by atoms with Gasteiger partial charge < -0.3 is 25.5 Å². The number of amides is 3. The molecule has 4 atom stereocenters. The summed E-state index contributed by atoms with van der Waals surface area (Å²) < 4.78 is 6.06. The van der Waals surface area contributed by atoms with Gasteiger partial charge in [-0.3, -0.25) is 9.59 Å². The predicted molar refractivity (Wildman–Crippen MR) is 155 cm³/mol. The Morgan fingerprint density at radius 3 is 2.42 bits per heavy atom. The normalized spacial score (nSPS) is 17.5. The quantitative estimate of drug-likeness (QED) is 0.311. The summed E-state index contributed by atoms with van der Waals surface area (Å²) in [5, 5.41) is 8.75. The average molecular weight is 570 g/mol. The zero-order valence-electron chi connectivity index (χ0n) is 23.8. The van der Waals surface area contributed by atoms with Gasteiger partial charge in [0.15, 0.2) is 0 Å². The number of ether oxygens (including phenoxy) is 1. The molecule has 1 aliphatic heterocycles. The van der Waals surface area contributed by atoms with Gasteiger partial charge in [-0.15, -0.1) is 0 Å². The maximum atomic E-state index is 13.4. The van der Waals surface area contributed by atoms with Crippen molar-refractivity contribution in [3.05, 3.63) is 70.2 Å². The molecule has 1 aliphatic rings. The topological polar surface area (TPSA) is 114 Å². The van der Waals surface area contributed by atoms with Crippen molar-refractivity contribution in [1.82, 2.24) is 16.0 Å². The fourth-order valence-corrected chi connectivity index (χ4v) is 5.20. The molecule has 9 heteroatoms.